The molecule has 3 aromatic rings. The number of hydrogen-bond donors (Lipinski definition) is 2. The molecule has 2 aromatic carbocycles. The maximum Gasteiger partial charge on any atom is 0.300 e. The summed E-state index contributed by atoms with van der Waals surface area (Å²) >= 11 is 0. The van der Waals surface area contributed by atoms with Gasteiger partial charge in [0.2, 0.25) is 0 Å². The zero-order chi connectivity index (χ0) is 17.9. The Labute approximate surface area is 151 Å². The second-order valence-electron chi connectivity index (χ2n) is 6.00. The molecule has 5 heteroatoms. The average Bonchev–Trinajstić information content (AvgIpc) is 2.86. The van der Waals surface area contributed by atoms with Crippen LogP contribution in [0.2, 0.25) is 0 Å². The van der Waals surface area contributed by atoms with Gasteiger partial charge >= 0.3 is 0 Å². The van der Waals surface area contributed by atoms with Crippen molar-refractivity contribution in [3.63, 3.8) is 0 Å². The lowest BCUT2D eigenvalue weighted by atomic mass is 9.85. The van der Waals surface area contributed by atoms with Gasteiger partial charge in [-0.15, -0.1) is 0 Å². The Hall–Kier alpha value is -3.02. The number of nitrogens with zero attached hydrogens (tertiary/aromatic N) is 1. The van der Waals surface area contributed by atoms with Gasteiger partial charge in [-0.2, -0.15) is 0 Å². The first-order valence-corrected chi connectivity index (χ1v) is 8.02. The summed E-state index contributed by atoms with van der Waals surface area (Å²) in [5, 5.41) is 18.8. The van der Waals surface area contributed by atoms with Gasteiger partial charge in [-0.25, -0.2) is 0 Å². The molecular formula is C21H21NO4. The number of rotatable bonds is 2. The fourth-order valence-electron chi connectivity index (χ4n) is 3.29. The van der Waals surface area contributed by atoms with Crippen LogP contribution in [-0.2, 0) is 16.8 Å². The first-order valence-electron chi connectivity index (χ1n) is 8.02. The highest BCUT2D eigenvalue weighted by atomic mass is 16.4. The molecule has 0 bridgehead atoms. The van der Waals surface area contributed by atoms with Gasteiger partial charge in [-0.05, 0) is 39.9 Å². The molecular weight excluding hydrogens is 330 g/mol. The lowest BCUT2D eigenvalue weighted by Crippen LogP contribution is -2.27. The van der Waals surface area contributed by atoms with E-state index in [4.69, 9.17) is 9.90 Å². The lowest BCUT2D eigenvalue weighted by Gasteiger charge is -2.26. The molecule has 0 saturated carbocycles. The monoisotopic (exact) mass is 351 g/mol. The number of hydrogen-bond acceptors (Lipinski definition) is 3. The van der Waals surface area contributed by atoms with Crippen LogP contribution in [0, 0.1) is 0 Å². The van der Waals surface area contributed by atoms with Crippen molar-refractivity contribution in [1.29, 1.82) is 0 Å². The molecule has 0 spiro atoms. The summed E-state index contributed by atoms with van der Waals surface area (Å²) in [6.07, 6.45) is 4.10. The van der Waals surface area contributed by atoms with Crippen molar-refractivity contribution < 1.29 is 20.5 Å². The van der Waals surface area contributed by atoms with Crippen molar-refractivity contribution in [2.45, 2.75) is 18.9 Å². The molecule has 1 heterocycles. The fraction of sp³-hybridized carbons (Fsp3) is 0.143. The van der Waals surface area contributed by atoms with E-state index in [1.807, 2.05) is 48.5 Å². The molecule has 1 aliphatic carbocycles. The standard InChI is InChI=1S/C19H15NO.C2H4O2.H2O/c21-19(13-14-9-11-20-12-10-14)17-7-3-1-5-15(17)16-6-2-4-8-18(16)19;1-2(3)4;/h1-12,21H,13H2;1H3,(H,3,4);1H2. The van der Waals surface area contributed by atoms with Crippen LogP contribution in [0.1, 0.15) is 23.6 Å². The van der Waals surface area contributed by atoms with Gasteiger partial charge in [-0.1, -0.05) is 48.5 Å². The predicted octanol–water partition coefficient (Wildman–Crippen LogP) is 2.81. The Morgan fingerprint density at radius 1 is 0.923 bits per heavy atom. The SMILES string of the molecule is CC(=O)O.O.OC1(Cc2ccncc2)c2ccccc2-c2ccccc21. The summed E-state index contributed by atoms with van der Waals surface area (Å²) in [5.41, 5.74) is 4.36. The van der Waals surface area contributed by atoms with Crippen LogP contribution < -0.4 is 0 Å². The summed E-state index contributed by atoms with van der Waals surface area (Å²) < 4.78 is 0. The van der Waals surface area contributed by atoms with Crippen molar-refractivity contribution in [3.05, 3.63) is 89.7 Å². The summed E-state index contributed by atoms with van der Waals surface area (Å²) in [7, 11) is 0. The molecule has 0 saturated heterocycles. The maximum absolute atomic E-state index is 11.4. The number of carbonyl (C=O) groups is 1. The summed E-state index contributed by atoms with van der Waals surface area (Å²) in [5.74, 6) is -0.833. The van der Waals surface area contributed by atoms with Crippen molar-refractivity contribution in [2.75, 3.05) is 0 Å². The van der Waals surface area contributed by atoms with Crippen LogP contribution >= 0.6 is 0 Å². The Morgan fingerprint density at radius 2 is 1.35 bits per heavy atom. The molecule has 1 aromatic heterocycles. The minimum absolute atomic E-state index is 0. The predicted molar refractivity (Wildman–Crippen MR) is 99.7 cm³/mol. The Bertz CT molecular complexity index is 844. The van der Waals surface area contributed by atoms with E-state index in [0.29, 0.717) is 6.42 Å². The number of aliphatic hydroxyl groups is 1. The van der Waals surface area contributed by atoms with E-state index in [-0.39, 0.29) is 5.48 Å². The van der Waals surface area contributed by atoms with E-state index in [9.17, 15) is 5.11 Å². The van der Waals surface area contributed by atoms with E-state index >= 15 is 0 Å². The quantitative estimate of drug-likeness (QED) is 0.741. The number of aromatic nitrogens is 1. The molecule has 0 atom stereocenters. The Balaban J connectivity index is 0.000000444. The van der Waals surface area contributed by atoms with Crippen molar-refractivity contribution in [1.82, 2.24) is 4.98 Å². The minimum atomic E-state index is -0.964. The van der Waals surface area contributed by atoms with Gasteiger partial charge < -0.3 is 15.7 Å². The molecule has 0 fully saturated rings. The van der Waals surface area contributed by atoms with Crippen molar-refractivity contribution in [2.24, 2.45) is 0 Å². The maximum atomic E-state index is 11.4. The number of aliphatic carboxylic acids is 1. The first kappa shape index (κ1) is 19.3. The molecule has 0 amide bonds. The molecule has 4 N–H and O–H groups in total. The molecule has 0 unspecified atom stereocenters. The summed E-state index contributed by atoms with van der Waals surface area (Å²) in [4.78, 5) is 13.0. The van der Waals surface area contributed by atoms with Gasteiger partial charge in [0, 0.05) is 25.7 Å². The summed E-state index contributed by atoms with van der Waals surface area (Å²) in [6.45, 7) is 1.08. The third kappa shape index (κ3) is 3.64. The van der Waals surface area contributed by atoms with Gasteiger partial charge in [0.25, 0.3) is 5.97 Å². The van der Waals surface area contributed by atoms with Crippen LogP contribution in [0.5, 0.6) is 0 Å². The topological polar surface area (TPSA) is 102 Å². The highest BCUT2D eigenvalue weighted by molar-refractivity contribution is 5.80. The molecule has 5 nitrogen and oxygen atoms in total. The number of benzene rings is 2. The third-order valence-electron chi connectivity index (χ3n) is 4.24. The number of carboxylic acids is 1. The van der Waals surface area contributed by atoms with Gasteiger partial charge in [-0.3, -0.25) is 9.78 Å². The van der Waals surface area contributed by atoms with E-state index in [1.54, 1.807) is 12.4 Å². The third-order valence-corrected chi connectivity index (χ3v) is 4.24. The second kappa shape index (κ2) is 7.91. The summed E-state index contributed by atoms with van der Waals surface area (Å²) in [6, 6.07) is 20.2. The second-order valence-corrected chi connectivity index (χ2v) is 6.00. The van der Waals surface area contributed by atoms with Crippen LogP contribution in [0.15, 0.2) is 73.1 Å². The number of fused-ring (bicyclic) bond motifs is 3. The van der Waals surface area contributed by atoms with E-state index in [2.05, 4.69) is 17.1 Å². The zero-order valence-electron chi connectivity index (χ0n) is 14.4. The lowest BCUT2D eigenvalue weighted by molar-refractivity contribution is -0.134. The highest BCUT2D eigenvalue weighted by Crippen LogP contribution is 2.48. The van der Waals surface area contributed by atoms with Crippen molar-refractivity contribution in [3.8, 4) is 11.1 Å². The van der Waals surface area contributed by atoms with Crippen molar-refractivity contribution >= 4 is 5.97 Å². The Kier molecular flexibility index (Phi) is 5.87. The van der Waals surface area contributed by atoms with Crippen LogP contribution in [0.4, 0.5) is 0 Å². The molecule has 0 radical (unpaired) electrons. The van der Waals surface area contributed by atoms with Gasteiger partial charge in [0.15, 0.2) is 0 Å². The first-order chi connectivity index (χ1) is 12.0. The highest BCUT2D eigenvalue weighted by Gasteiger charge is 2.41. The normalized spacial score (nSPS) is 12.7. The molecule has 0 aliphatic heterocycles. The van der Waals surface area contributed by atoms with Crippen LogP contribution in [0.3, 0.4) is 0 Å². The largest absolute Gasteiger partial charge is 0.481 e. The van der Waals surface area contributed by atoms with Crippen LogP contribution in [0.25, 0.3) is 11.1 Å². The van der Waals surface area contributed by atoms with E-state index < -0.39 is 11.6 Å². The molecule has 26 heavy (non-hydrogen) atoms. The molecule has 134 valence electrons. The fourth-order valence-corrected chi connectivity index (χ4v) is 3.29. The van der Waals surface area contributed by atoms with E-state index in [1.165, 1.54) is 0 Å². The zero-order valence-corrected chi connectivity index (χ0v) is 14.4. The smallest absolute Gasteiger partial charge is 0.300 e. The Morgan fingerprint density at radius 3 is 1.81 bits per heavy atom. The number of pyridine rings is 1. The van der Waals surface area contributed by atoms with Crippen LogP contribution in [-0.4, -0.2) is 26.6 Å². The van der Waals surface area contributed by atoms with Gasteiger partial charge in [0.05, 0.1) is 0 Å². The number of carboxylic acid groups (broad SMARTS) is 1. The average molecular weight is 351 g/mol. The van der Waals surface area contributed by atoms with Gasteiger partial charge in [0.1, 0.15) is 5.60 Å². The minimum Gasteiger partial charge on any atom is -0.481 e. The van der Waals surface area contributed by atoms with E-state index in [0.717, 1.165) is 34.7 Å². The molecule has 1 aliphatic rings. The molecule has 4 rings (SSSR count).